The predicted octanol–water partition coefficient (Wildman–Crippen LogP) is 1.75. The third-order valence-corrected chi connectivity index (χ3v) is 3.55. The molecule has 0 atom stereocenters. The van der Waals surface area contributed by atoms with Crippen LogP contribution in [-0.4, -0.2) is 28.2 Å². The van der Waals surface area contributed by atoms with Crippen LogP contribution in [0.5, 0.6) is 11.5 Å². The molecule has 0 spiro atoms. The molecule has 6 nitrogen and oxygen atoms in total. The topological polar surface area (TPSA) is 100 Å². The minimum atomic E-state index is -1.47. The molecule has 6 heteroatoms. The highest BCUT2D eigenvalue weighted by Gasteiger charge is 2.25. The fourth-order valence-corrected chi connectivity index (χ4v) is 2.37. The van der Waals surface area contributed by atoms with E-state index in [1.54, 1.807) is 12.2 Å². The molecule has 0 saturated heterocycles. The number of fused-ring (bicyclic) bond motifs is 1. The molecule has 22 heavy (non-hydrogen) atoms. The van der Waals surface area contributed by atoms with Crippen molar-refractivity contribution < 1.29 is 24.5 Å². The summed E-state index contributed by atoms with van der Waals surface area (Å²) in [4.78, 5) is 12.1. The largest absolute Gasteiger partial charge is 0.508 e. The number of methoxy groups -OCH3 is 1. The van der Waals surface area contributed by atoms with E-state index >= 15 is 0 Å². The van der Waals surface area contributed by atoms with Crippen LogP contribution in [0, 0.1) is 0 Å². The van der Waals surface area contributed by atoms with Gasteiger partial charge in [0.25, 0.3) is 0 Å². The molecule has 3 rings (SSSR count). The van der Waals surface area contributed by atoms with E-state index in [0.29, 0.717) is 5.76 Å². The number of ether oxygens (including phenoxy) is 1. The SMILES string of the molecule is COC1(O)C=CC(c2cc(=O)c3c(O)cc(O)cc3o2)C=C1. The summed E-state index contributed by atoms with van der Waals surface area (Å²) in [5.41, 5.74) is -0.322. The zero-order chi connectivity index (χ0) is 15.9. The Balaban J connectivity index is 2.09. The van der Waals surface area contributed by atoms with E-state index in [1.807, 2.05) is 0 Å². The number of rotatable bonds is 2. The lowest BCUT2D eigenvalue weighted by atomic mass is 9.97. The first-order valence-corrected chi connectivity index (χ1v) is 6.58. The lowest BCUT2D eigenvalue weighted by Gasteiger charge is -2.23. The lowest BCUT2D eigenvalue weighted by molar-refractivity contribution is -0.107. The molecule has 114 valence electrons. The van der Waals surface area contributed by atoms with Crippen molar-refractivity contribution in [3.05, 3.63) is 58.5 Å². The second-order valence-electron chi connectivity index (χ2n) is 5.05. The van der Waals surface area contributed by atoms with Gasteiger partial charge in [0.2, 0.25) is 5.79 Å². The summed E-state index contributed by atoms with van der Waals surface area (Å²) in [7, 11) is 1.37. The van der Waals surface area contributed by atoms with Crippen molar-refractivity contribution in [1.82, 2.24) is 0 Å². The molecule has 0 unspecified atom stereocenters. The Morgan fingerprint density at radius 2 is 1.86 bits per heavy atom. The first-order chi connectivity index (χ1) is 10.4. The van der Waals surface area contributed by atoms with Gasteiger partial charge in [-0.1, -0.05) is 12.2 Å². The minimum Gasteiger partial charge on any atom is -0.508 e. The van der Waals surface area contributed by atoms with Gasteiger partial charge in [0.1, 0.15) is 28.2 Å². The summed E-state index contributed by atoms with van der Waals surface area (Å²) in [5.74, 6) is -2.04. The monoisotopic (exact) mass is 302 g/mol. The van der Waals surface area contributed by atoms with Crippen LogP contribution in [0.15, 0.2) is 51.7 Å². The molecule has 0 radical (unpaired) electrons. The van der Waals surface area contributed by atoms with E-state index in [4.69, 9.17) is 9.15 Å². The van der Waals surface area contributed by atoms with Gasteiger partial charge in [-0.15, -0.1) is 0 Å². The first-order valence-electron chi connectivity index (χ1n) is 6.58. The third kappa shape index (κ3) is 2.38. The molecule has 3 N–H and O–H groups in total. The van der Waals surface area contributed by atoms with Crippen LogP contribution < -0.4 is 5.43 Å². The van der Waals surface area contributed by atoms with Crippen LogP contribution in [0.1, 0.15) is 11.7 Å². The van der Waals surface area contributed by atoms with E-state index < -0.39 is 11.2 Å². The van der Waals surface area contributed by atoms with Crippen LogP contribution in [0.4, 0.5) is 0 Å². The Hall–Kier alpha value is -2.57. The van der Waals surface area contributed by atoms with Crippen molar-refractivity contribution in [1.29, 1.82) is 0 Å². The Labute approximate surface area is 125 Å². The maximum Gasteiger partial charge on any atom is 0.205 e. The quantitative estimate of drug-likeness (QED) is 0.577. The molecule has 1 aliphatic rings. The summed E-state index contributed by atoms with van der Waals surface area (Å²) in [6, 6.07) is 3.62. The predicted molar refractivity (Wildman–Crippen MR) is 78.8 cm³/mol. The highest BCUT2D eigenvalue weighted by Crippen LogP contribution is 2.31. The molecule has 0 saturated carbocycles. The van der Waals surface area contributed by atoms with Gasteiger partial charge in [0.05, 0.1) is 5.92 Å². The highest BCUT2D eigenvalue weighted by atomic mass is 16.6. The molecule has 0 amide bonds. The molecule has 0 aliphatic heterocycles. The van der Waals surface area contributed by atoms with Gasteiger partial charge >= 0.3 is 0 Å². The molecule has 0 bridgehead atoms. The molecule has 1 aromatic carbocycles. The van der Waals surface area contributed by atoms with Gasteiger partial charge in [-0.2, -0.15) is 0 Å². The van der Waals surface area contributed by atoms with Gasteiger partial charge in [0.15, 0.2) is 5.43 Å². The van der Waals surface area contributed by atoms with Crippen LogP contribution in [0.2, 0.25) is 0 Å². The number of hydrogen-bond acceptors (Lipinski definition) is 6. The van der Waals surface area contributed by atoms with Crippen molar-refractivity contribution in [2.45, 2.75) is 11.7 Å². The Kier molecular flexibility index (Phi) is 3.27. The molecule has 1 aliphatic carbocycles. The van der Waals surface area contributed by atoms with E-state index in [9.17, 15) is 20.1 Å². The fraction of sp³-hybridized carbons (Fsp3) is 0.188. The van der Waals surface area contributed by atoms with Crippen molar-refractivity contribution in [3.63, 3.8) is 0 Å². The van der Waals surface area contributed by atoms with Gasteiger partial charge < -0.3 is 24.5 Å². The number of phenols is 2. The molecule has 1 heterocycles. The van der Waals surface area contributed by atoms with E-state index in [-0.39, 0.29) is 28.4 Å². The Morgan fingerprint density at radius 1 is 1.18 bits per heavy atom. The number of benzene rings is 1. The standard InChI is InChI=1S/C16H14O6/c1-21-16(20)4-2-9(3-5-16)13-8-12(19)15-11(18)6-10(17)7-14(15)22-13/h2-9,17-18,20H,1H3. The number of aromatic hydroxyl groups is 2. The average Bonchev–Trinajstić information content (AvgIpc) is 2.46. The fourth-order valence-electron chi connectivity index (χ4n) is 2.37. The second kappa shape index (κ2) is 5.01. The van der Waals surface area contributed by atoms with E-state index in [1.165, 1.54) is 31.4 Å². The zero-order valence-electron chi connectivity index (χ0n) is 11.7. The second-order valence-corrected chi connectivity index (χ2v) is 5.05. The summed E-state index contributed by atoms with van der Waals surface area (Å²) in [6.45, 7) is 0. The van der Waals surface area contributed by atoms with Gasteiger partial charge in [-0.3, -0.25) is 4.79 Å². The maximum absolute atomic E-state index is 12.1. The smallest absolute Gasteiger partial charge is 0.205 e. The van der Waals surface area contributed by atoms with Crippen molar-refractivity contribution >= 4 is 11.0 Å². The Bertz CT molecular complexity index is 832. The van der Waals surface area contributed by atoms with Gasteiger partial charge in [0, 0.05) is 25.3 Å². The lowest BCUT2D eigenvalue weighted by Crippen LogP contribution is -2.27. The third-order valence-electron chi connectivity index (χ3n) is 3.55. The highest BCUT2D eigenvalue weighted by molar-refractivity contribution is 5.84. The molecule has 1 aromatic heterocycles. The summed E-state index contributed by atoms with van der Waals surface area (Å²) in [6.07, 6.45) is 6.16. The maximum atomic E-state index is 12.1. The van der Waals surface area contributed by atoms with Crippen molar-refractivity contribution in [2.24, 2.45) is 0 Å². The van der Waals surface area contributed by atoms with Gasteiger partial charge in [-0.05, 0) is 12.2 Å². The summed E-state index contributed by atoms with van der Waals surface area (Å²) >= 11 is 0. The van der Waals surface area contributed by atoms with Crippen molar-refractivity contribution in [2.75, 3.05) is 7.11 Å². The Morgan fingerprint density at radius 3 is 2.50 bits per heavy atom. The van der Waals surface area contributed by atoms with Gasteiger partial charge in [-0.25, -0.2) is 0 Å². The number of allylic oxidation sites excluding steroid dienone is 2. The van der Waals surface area contributed by atoms with Crippen LogP contribution in [0.3, 0.4) is 0 Å². The van der Waals surface area contributed by atoms with Crippen LogP contribution in [0.25, 0.3) is 11.0 Å². The van der Waals surface area contributed by atoms with Crippen LogP contribution >= 0.6 is 0 Å². The van der Waals surface area contributed by atoms with Crippen molar-refractivity contribution in [3.8, 4) is 11.5 Å². The minimum absolute atomic E-state index is 0.0127. The summed E-state index contributed by atoms with van der Waals surface area (Å²) in [5, 5.41) is 29.1. The van der Waals surface area contributed by atoms with E-state index in [0.717, 1.165) is 6.07 Å². The normalized spacial score (nSPS) is 24.0. The zero-order valence-corrected chi connectivity index (χ0v) is 11.7. The van der Waals surface area contributed by atoms with Crippen LogP contribution in [-0.2, 0) is 4.74 Å². The number of phenolic OH excluding ortho intramolecular Hbond substituents is 2. The molecular formula is C16H14O6. The summed E-state index contributed by atoms with van der Waals surface area (Å²) < 4.78 is 10.5. The molecule has 2 aromatic rings. The number of hydrogen-bond donors (Lipinski definition) is 3. The first kappa shape index (κ1) is 14.4. The number of aliphatic hydroxyl groups is 1. The molecule has 0 fully saturated rings. The molecular weight excluding hydrogens is 288 g/mol. The van der Waals surface area contributed by atoms with E-state index in [2.05, 4.69) is 0 Å². The average molecular weight is 302 g/mol.